The van der Waals surface area contributed by atoms with Crippen molar-refractivity contribution in [2.45, 2.75) is 32.6 Å². The van der Waals surface area contributed by atoms with Gasteiger partial charge in [0.05, 0.1) is 4.90 Å². The summed E-state index contributed by atoms with van der Waals surface area (Å²) in [5, 5.41) is 2.79. The number of carbonyl (C=O) groups excluding carboxylic acids is 1. The third kappa shape index (κ3) is 5.32. The summed E-state index contributed by atoms with van der Waals surface area (Å²) in [4.78, 5) is 12.2. The van der Waals surface area contributed by atoms with Crippen LogP contribution >= 0.6 is 0 Å². The van der Waals surface area contributed by atoms with Crippen molar-refractivity contribution in [3.8, 4) is 0 Å². The highest BCUT2D eigenvalue weighted by atomic mass is 32.2. The molecule has 0 unspecified atom stereocenters. The first-order chi connectivity index (χ1) is 11.7. The van der Waals surface area contributed by atoms with E-state index >= 15 is 0 Å². The molecule has 0 fully saturated rings. The van der Waals surface area contributed by atoms with Gasteiger partial charge >= 0.3 is 0 Å². The van der Waals surface area contributed by atoms with Crippen molar-refractivity contribution in [2.75, 3.05) is 11.3 Å². The van der Waals surface area contributed by atoms with Gasteiger partial charge in [-0.2, -0.15) is 0 Å². The van der Waals surface area contributed by atoms with Crippen molar-refractivity contribution in [3.05, 3.63) is 59.2 Å². The Morgan fingerprint density at radius 3 is 2.28 bits per heavy atom. The Morgan fingerprint density at radius 2 is 1.68 bits per heavy atom. The summed E-state index contributed by atoms with van der Waals surface area (Å²) in [6.45, 7) is 8.34. The molecule has 0 aliphatic rings. The average molecular weight is 360 g/mol. The molecule has 0 saturated carbocycles. The first kappa shape index (κ1) is 19.0. The molecule has 2 aromatic rings. The number of aryl methyl sites for hydroxylation is 2. The molecule has 2 aromatic carbocycles. The molecule has 0 heterocycles. The van der Waals surface area contributed by atoms with Gasteiger partial charge in [0, 0.05) is 17.8 Å². The lowest BCUT2D eigenvalue weighted by Gasteiger charge is -2.11. The second kappa shape index (κ2) is 7.70. The number of benzene rings is 2. The third-order valence-corrected chi connectivity index (χ3v) is 4.93. The predicted octanol–water partition coefficient (Wildman–Crippen LogP) is 3.49. The maximum absolute atomic E-state index is 12.6. The number of rotatable bonds is 6. The third-order valence-electron chi connectivity index (χ3n) is 3.55. The first-order valence-electron chi connectivity index (χ1n) is 8.17. The molecular weight excluding hydrogens is 336 g/mol. The second-order valence-electron chi connectivity index (χ2n) is 6.61. The van der Waals surface area contributed by atoms with E-state index in [1.54, 1.807) is 24.3 Å². The first-order valence-corrected chi connectivity index (χ1v) is 9.65. The minimum atomic E-state index is -3.76. The molecule has 1 amide bonds. The Morgan fingerprint density at radius 1 is 1.04 bits per heavy atom. The van der Waals surface area contributed by atoms with Crippen molar-refractivity contribution in [1.82, 2.24) is 5.32 Å². The zero-order chi connectivity index (χ0) is 18.6. The standard InChI is InChI=1S/C19H24N2O3S/c1-13(2)12-20-19(22)16-6-5-7-18(11-16)25(23,24)21-17-9-14(3)8-15(4)10-17/h5-11,13,21H,12H2,1-4H3,(H,20,22). The van der Waals surface area contributed by atoms with E-state index in [4.69, 9.17) is 0 Å². The Bertz CT molecular complexity index is 854. The molecule has 134 valence electrons. The molecule has 0 radical (unpaired) electrons. The number of sulfonamides is 1. The molecule has 0 saturated heterocycles. The molecule has 0 spiro atoms. The number of nitrogens with one attached hydrogen (secondary N) is 2. The van der Waals surface area contributed by atoms with Crippen LogP contribution in [0.15, 0.2) is 47.4 Å². The monoisotopic (exact) mass is 360 g/mol. The van der Waals surface area contributed by atoms with Crippen molar-refractivity contribution in [1.29, 1.82) is 0 Å². The lowest BCUT2D eigenvalue weighted by Crippen LogP contribution is -2.27. The van der Waals surface area contributed by atoms with Crippen LogP contribution in [-0.4, -0.2) is 20.9 Å². The number of carbonyl (C=O) groups is 1. The largest absolute Gasteiger partial charge is 0.352 e. The van der Waals surface area contributed by atoms with Gasteiger partial charge in [-0.1, -0.05) is 26.0 Å². The van der Waals surface area contributed by atoms with Gasteiger partial charge in [0.25, 0.3) is 15.9 Å². The lowest BCUT2D eigenvalue weighted by molar-refractivity contribution is 0.0949. The summed E-state index contributed by atoms with van der Waals surface area (Å²) in [5.41, 5.74) is 2.77. The molecular formula is C19H24N2O3S. The summed E-state index contributed by atoms with van der Waals surface area (Å²) in [5.74, 6) is 0.0410. The molecule has 2 N–H and O–H groups in total. The summed E-state index contributed by atoms with van der Waals surface area (Å²) in [6, 6.07) is 11.5. The van der Waals surface area contributed by atoms with Crippen LogP contribution in [0.2, 0.25) is 0 Å². The normalized spacial score (nSPS) is 11.4. The van der Waals surface area contributed by atoms with Gasteiger partial charge < -0.3 is 5.32 Å². The summed E-state index contributed by atoms with van der Waals surface area (Å²) in [6.07, 6.45) is 0. The Kier molecular flexibility index (Phi) is 5.85. The molecule has 2 rings (SSSR count). The highest BCUT2D eigenvalue weighted by molar-refractivity contribution is 7.92. The molecule has 0 atom stereocenters. The Hall–Kier alpha value is -2.34. The van der Waals surface area contributed by atoms with E-state index in [-0.39, 0.29) is 10.8 Å². The zero-order valence-electron chi connectivity index (χ0n) is 15.0. The van der Waals surface area contributed by atoms with Crippen LogP contribution in [0.5, 0.6) is 0 Å². The quantitative estimate of drug-likeness (QED) is 0.828. The molecule has 6 heteroatoms. The van der Waals surface area contributed by atoms with Gasteiger partial charge in [-0.3, -0.25) is 9.52 Å². The van der Waals surface area contributed by atoms with Crippen molar-refractivity contribution in [2.24, 2.45) is 5.92 Å². The zero-order valence-corrected chi connectivity index (χ0v) is 15.8. The fourth-order valence-corrected chi connectivity index (χ4v) is 3.54. The fraction of sp³-hybridized carbons (Fsp3) is 0.316. The topological polar surface area (TPSA) is 75.3 Å². The van der Waals surface area contributed by atoms with Gasteiger partial charge in [-0.15, -0.1) is 0 Å². The van der Waals surface area contributed by atoms with Crippen LogP contribution in [0.4, 0.5) is 5.69 Å². The number of hydrogen-bond acceptors (Lipinski definition) is 3. The smallest absolute Gasteiger partial charge is 0.261 e. The summed E-state index contributed by atoms with van der Waals surface area (Å²) in [7, 11) is -3.76. The van der Waals surface area contributed by atoms with E-state index in [0.29, 0.717) is 23.7 Å². The maximum atomic E-state index is 12.6. The molecule has 25 heavy (non-hydrogen) atoms. The highest BCUT2D eigenvalue weighted by Crippen LogP contribution is 2.19. The van der Waals surface area contributed by atoms with Crippen LogP contribution < -0.4 is 10.0 Å². The summed E-state index contributed by atoms with van der Waals surface area (Å²) < 4.78 is 27.8. The highest BCUT2D eigenvalue weighted by Gasteiger charge is 2.17. The lowest BCUT2D eigenvalue weighted by atomic mass is 10.1. The van der Waals surface area contributed by atoms with Crippen LogP contribution in [0.3, 0.4) is 0 Å². The van der Waals surface area contributed by atoms with E-state index in [1.807, 2.05) is 33.8 Å². The minimum absolute atomic E-state index is 0.0591. The van der Waals surface area contributed by atoms with E-state index in [1.165, 1.54) is 12.1 Å². The summed E-state index contributed by atoms with van der Waals surface area (Å²) >= 11 is 0. The van der Waals surface area contributed by atoms with Gasteiger partial charge in [0.2, 0.25) is 0 Å². The van der Waals surface area contributed by atoms with Crippen LogP contribution in [0.1, 0.15) is 35.3 Å². The number of anilines is 1. The van der Waals surface area contributed by atoms with Crippen molar-refractivity contribution in [3.63, 3.8) is 0 Å². The van der Waals surface area contributed by atoms with E-state index in [0.717, 1.165) is 11.1 Å². The van der Waals surface area contributed by atoms with Crippen molar-refractivity contribution < 1.29 is 13.2 Å². The van der Waals surface area contributed by atoms with Gasteiger partial charge in [-0.05, 0) is 61.2 Å². The van der Waals surface area contributed by atoms with Gasteiger partial charge in [0.15, 0.2) is 0 Å². The molecule has 5 nitrogen and oxygen atoms in total. The molecule has 0 bridgehead atoms. The average Bonchev–Trinajstić information content (AvgIpc) is 2.51. The van der Waals surface area contributed by atoms with Crippen LogP contribution in [0.25, 0.3) is 0 Å². The van der Waals surface area contributed by atoms with Crippen molar-refractivity contribution >= 4 is 21.6 Å². The van der Waals surface area contributed by atoms with Crippen LogP contribution in [-0.2, 0) is 10.0 Å². The van der Waals surface area contributed by atoms with Crippen LogP contribution in [0, 0.1) is 19.8 Å². The van der Waals surface area contributed by atoms with Gasteiger partial charge in [-0.25, -0.2) is 8.42 Å². The fourth-order valence-electron chi connectivity index (χ4n) is 2.45. The molecule has 0 aliphatic heterocycles. The number of hydrogen-bond donors (Lipinski definition) is 2. The minimum Gasteiger partial charge on any atom is -0.352 e. The number of amides is 1. The Balaban J connectivity index is 2.24. The predicted molar refractivity (Wildman–Crippen MR) is 100 cm³/mol. The van der Waals surface area contributed by atoms with E-state index in [9.17, 15) is 13.2 Å². The SMILES string of the molecule is Cc1cc(C)cc(NS(=O)(=O)c2cccc(C(=O)NCC(C)C)c2)c1. The van der Waals surface area contributed by atoms with Gasteiger partial charge in [0.1, 0.15) is 0 Å². The molecule has 0 aromatic heterocycles. The van der Waals surface area contributed by atoms with E-state index in [2.05, 4.69) is 10.0 Å². The Labute approximate surface area is 149 Å². The molecule has 0 aliphatic carbocycles. The maximum Gasteiger partial charge on any atom is 0.261 e. The van der Waals surface area contributed by atoms with E-state index < -0.39 is 10.0 Å². The second-order valence-corrected chi connectivity index (χ2v) is 8.30.